The molecule has 8 heteroatoms. The third-order valence-corrected chi connectivity index (χ3v) is 3.12. The number of aromatic nitrogens is 1. The van der Waals surface area contributed by atoms with Crippen LogP contribution in [0.1, 0.15) is 48.5 Å². The Morgan fingerprint density at radius 2 is 1.48 bits per heavy atom. The van der Waals surface area contributed by atoms with Gasteiger partial charge in [0.05, 0.1) is 11.2 Å². The fourth-order valence-electron chi connectivity index (χ4n) is 0.994. The van der Waals surface area contributed by atoms with E-state index in [1.165, 1.54) is 23.0 Å². The first kappa shape index (κ1) is 21.7. The topological polar surface area (TPSA) is 112 Å². The lowest BCUT2D eigenvalue weighted by atomic mass is 9.83. The second kappa shape index (κ2) is 7.48. The normalized spacial score (nSPS) is 12.3. The molecule has 23 heavy (non-hydrogen) atoms. The summed E-state index contributed by atoms with van der Waals surface area (Å²) in [5.74, 6) is 0. The van der Waals surface area contributed by atoms with Gasteiger partial charge in [0.1, 0.15) is 5.60 Å². The highest BCUT2D eigenvalue weighted by Crippen LogP contribution is 2.19. The predicted octanol–water partition coefficient (Wildman–Crippen LogP) is 0.479. The molecule has 0 saturated carbocycles. The van der Waals surface area contributed by atoms with E-state index in [-0.39, 0.29) is 5.46 Å². The van der Waals surface area contributed by atoms with Crippen molar-refractivity contribution in [3.63, 3.8) is 0 Å². The van der Waals surface area contributed by atoms with E-state index in [4.69, 9.17) is 25.0 Å². The Kier molecular flexibility index (Phi) is 7.05. The third-order valence-electron chi connectivity index (χ3n) is 3.12. The van der Waals surface area contributed by atoms with Crippen molar-refractivity contribution in [1.29, 1.82) is 0 Å². The Morgan fingerprint density at radius 3 is 1.74 bits per heavy atom. The van der Waals surface area contributed by atoms with Crippen molar-refractivity contribution in [2.24, 2.45) is 0 Å². The minimum Gasteiger partial charge on any atom is -0.443 e. The number of rotatable bonds is 2. The van der Waals surface area contributed by atoms with Gasteiger partial charge in [-0.3, -0.25) is 4.57 Å². The van der Waals surface area contributed by atoms with E-state index >= 15 is 0 Å². The highest BCUT2D eigenvalue weighted by atomic mass is 16.6. The van der Waals surface area contributed by atoms with E-state index in [1.807, 2.05) is 0 Å². The van der Waals surface area contributed by atoms with Crippen LogP contribution < -0.4 is 5.46 Å². The van der Waals surface area contributed by atoms with Crippen LogP contribution in [-0.4, -0.2) is 54.8 Å². The summed E-state index contributed by atoms with van der Waals surface area (Å²) in [6.45, 7) is 11.6. The van der Waals surface area contributed by atoms with Crippen LogP contribution in [0.5, 0.6) is 0 Å². The molecule has 0 fully saturated rings. The molecule has 0 atom stereocenters. The van der Waals surface area contributed by atoms with Crippen LogP contribution in [0.4, 0.5) is 4.79 Å². The lowest BCUT2D eigenvalue weighted by molar-refractivity contribution is -0.107. The summed E-state index contributed by atoms with van der Waals surface area (Å²) in [6.07, 6.45) is 2.19. The number of aliphatic hydroxyl groups is 2. The van der Waals surface area contributed by atoms with Crippen LogP contribution >= 0.6 is 0 Å². The van der Waals surface area contributed by atoms with Gasteiger partial charge in [-0.15, -0.1) is 0 Å². The van der Waals surface area contributed by atoms with Crippen molar-refractivity contribution in [2.45, 2.75) is 65.3 Å². The Morgan fingerprint density at radius 1 is 1.04 bits per heavy atom. The average Bonchev–Trinajstić information content (AvgIpc) is 2.73. The van der Waals surface area contributed by atoms with Crippen LogP contribution in [0, 0.1) is 0 Å². The van der Waals surface area contributed by atoms with Crippen LogP contribution in [0.25, 0.3) is 0 Å². The summed E-state index contributed by atoms with van der Waals surface area (Å²) >= 11 is 0. The minimum absolute atomic E-state index is 0.251. The number of nitrogens with zero attached hydrogens (tertiary/aromatic N) is 1. The SMILES string of the molecule is CC(C)(C)OC(=O)n1ccc(B(O)O)c1.CC(C)(O)C(C)(C)O. The molecule has 1 rings (SSSR count). The fourth-order valence-corrected chi connectivity index (χ4v) is 0.994. The van der Waals surface area contributed by atoms with Gasteiger partial charge in [-0.2, -0.15) is 0 Å². The van der Waals surface area contributed by atoms with E-state index < -0.39 is 30.0 Å². The number of carbonyl (C=O) groups is 1. The summed E-state index contributed by atoms with van der Waals surface area (Å²) in [5, 5.41) is 35.9. The van der Waals surface area contributed by atoms with Gasteiger partial charge in [0.2, 0.25) is 0 Å². The van der Waals surface area contributed by atoms with Crippen molar-refractivity contribution in [3.8, 4) is 0 Å². The molecule has 4 N–H and O–H groups in total. The number of hydrogen-bond donors (Lipinski definition) is 4. The van der Waals surface area contributed by atoms with Gasteiger partial charge < -0.3 is 25.0 Å². The van der Waals surface area contributed by atoms with Crippen molar-refractivity contribution < 1.29 is 29.8 Å². The minimum atomic E-state index is -1.58. The maximum absolute atomic E-state index is 11.5. The molecule has 0 amide bonds. The largest absolute Gasteiger partial charge is 0.490 e. The molecule has 0 unspecified atom stereocenters. The predicted molar refractivity (Wildman–Crippen MR) is 88.5 cm³/mol. The molecule has 0 aliphatic heterocycles. The molecule has 1 aromatic heterocycles. The summed E-state index contributed by atoms with van der Waals surface area (Å²) < 4.78 is 6.24. The molecule has 0 saturated heterocycles. The van der Waals surface area contributed by atoms with Gasteiger partial charge in [0, 0.05) is 17.9 Å². The summed E-state index contributed by atoms with van der Waals surface area (Å²) in [6, 6.07) is 1.44. The Balaban J connectivity index is 0.000000515. The summed E-state index contributed by atoms with van der Waals surface area (Å²) in [4.78, 5) is 11.5. The Bertz CT molecular complexity index is 493. The summed E-state index contributed by atoms with van der Waals surface area (Å²) in [7, 11) is -1.58. The molecule has 0 radical (unpaired) electrons. The van der Waals surface area contributed by atoms with Crippen LogP contribution in [-0.2, 0) is 4.74 Å². The molecule has 0 aliphatic carbocycles. The van der Waals surface area contributed by atoms with E-state index in [0.717, 1.165) is 0 Å². The second-order valence-electron chi connectivity index (χ2n) is 7.32. The van der Waals surface area contributed by atoms with Gasteiger partial charge in [0.15, 0.2) is 0 Å². The molecule has 0 aromatic carbocycles. The van der Waals surface area contributed by atoms with Crippen molar-refractivity contribution >= 4 is 18.7 Å². The summed E-state index contributed by atoms with van der Waals surface area (Å²) in [5.41, 5.74) is -2.33. The molecule has 1 aromatic rings. The molecular weight excluding hydrogens is 301 g/mol. The molecule has 0 spiro atoms. The molecule has 0 aliphatic rings. The fraction of sp³-hybridized carbons (Fsp3) is 0.667. The monoisotopic (exact) mass is 329 g/mol. The van der Waals surface area contributed by atoms with Crippen LogP contribution in [0.2, 0.25) is 0 Å². The smallest absolute Gasteiger partial charge is 0.443 e. The van der Waals surface area contributed by atoms with Gasteiger partial charge in [0.25, 0.3) is 0 Å². The molecule has 132 valence electrons. The number of carbonyl (C=O) groups excluding carboxylic acids is 1. The van der Waals surface area contributed by atoms with Crippen LogP contribution in [0.3, 0.4) is 0 Å². The third kappa shape index (κ3) is 8.17. The highest BCUT2D eigenvalue weighted by molar-refractivity contribution is 6.58. The van der Waals surface area contributed by atoms with Crippen LogP contribution in [0.15, 0.2) is 18.5 Å². The number of ether oxygens (including phenoxy) is 1. The van der Waals surface area contributed by atoms with E-state index in [0.29, 0.717) is 0 Å². The molecule has 7 nitrogen and oxygen atoms in total. The lowest BCUT2D eigenvalue weighted by Crippen LogP contribution is -2.44. The zero-order valence-corrected chi connectivity index (χ0v) is 14.9. The zero-order chi connectivity index (χ0) is 18.6. The quantitative estimate of drug-likeness (QED) is 0.587. The number of hydrogen-bond acceptors (Lipinski definition) is 6. The zero-order valence-electron chi connectivity index (χ0n) is 14.9. The average molecular weight is 329 g/mol. The maximum Gasteiger partial charge on any atom is 0.490 e. The highest BCUT2D eigenvalue weighted by Gasteiger charge is 2.31. The van der Waals surface area contributed by atoms with Crippen molar-refractivity contribution in [3.05, 3.63) is 18.5 Å². The van der Waals surface area contributed by atoms with E-state index in [1.54, 1.807) is 48.5 Å². The van der Waals surface area contributed by atoms with Gasteiger partial charge in [-0.25, -0.2) is 4.79 Å². The van der Waals surface area contributed by atoms with E-state index in [9.17, 15) is 4.79 Å². The Labute approximate surface area is 137 Å². The first-order chi connectivity index (χ1) is 10.0. The molecule has 0 bridgehead atoms. The first-order valence-electron chi connectivity index (χ1n) is 7.27. The van der Waals surface area contributed by atoms with Gasteiger partial charge >= 0.3 is 13.2 Å². The van der Waals surface area contributed by atoms with Crippen molar-refractivity contribution in [1.82, 2.24) is 4.57 Å². The van der Waals surface area contributed by atoms with Crippen molar-refractivity contribution in [2.75, 3.05) is 0 Å². The standard InChI is InChI=1S/C9H14BNO4.C6H14O2/c1-9(2,3)15-8(12)11-5-4-7(6-11)10(13)14;1-5(2,7)6(3,4)8/h4-6,13-14H,1-3H3;7-8H,1-4H3. The second-order valence-corrected chi connectivity index (χ2v) is 7.32. The van der Waals surface area contributed by atoms with Gasteiger partial charge in [-0.1, -0.05) is 0 Å². The molecular formula is C15H28BNO6. The maximum atomic E-state index is 11.5. The van der Waals surface area contributed by atoms with E-state index in [2.05, 4.69) is 0 Å². The Hall–Kier alpha value is -1.35. The van der Waals surface area contributed by atoms with Gasteiger partial charge in [-0.05, 0) is 54.5 Å². The first-order valence-corrected chi connectivity index (χ1v) is 7.27. The lowest BCUT2D eigenvalue weighted by Gasteiger charge is -2.31. The molecule has 1 heterocycles.